The largest absolute Gasteiger partial charge is 0.493 e. The normalized spacial score (nSPS) is 12.0. The van der Waals surface area contributed by atoms with Gasteiger partial charge in [-0.15, -0.1) is 0 Å². The molecule has 0 radical (unpaired) electrons. The third-order valence-corrected chi connectivity index (χ3v) is 4.27. The van der Waals surface area contributed by atoms with Gasteiger partial charge >= 0.3 is 0 Å². The van der Waals surface area contributed by atoms with Crippen molar-refractivity contribution in [3.63, 3.8) is 0 Å². The summed E-state index contributed by atoms with van der Waals surface area (Å²) >= 11 is 0. The monoisotopic (exact) mass is 349 g/mol. The number of amides is 1. The maximum absolute atomic E-state index is 14.2. The Kier molecular flexibility index (Phi) is 5.66. The van der Waals surface area contributed by atoms with E-state index in [4.69, 9.17) is 9.47 Å². The van der Waals surface area contributed by atoms with Crippen LogP contribution in [0.5, 0.6) is 11.5 Å². The predicted molar refractivity (Wildman–Crippen MR) is 92.8 cm³/mol. The number of carbonyl (C=O) groups excluding carboxylic acids is 1. The molecule has 0 unspecified atom stereocenters. The number of rotatable bonds is 6. The molecule has 1 aromatic heterocycles. The van der Waals surface area contributed by atoms with Crippen LogP contribution in [0.2, 0.25) is 0 Å². The minimum atomic E-state index is -0.656. The van der Waals surface area contributed by atoms with Gasteiger partial charge < -0.3 is 14.8 Å². The highest BCUT2D eigenvalue weighted by molar-refractivity contribution is 5.98. The van der Waals surface area contributed by atoms with Gasteiger partial charge in [-0.2, -0.15) is 5.10 Å². The fraction of sp³-hybridized carbons (Fsp3) is 0.444. The Morgan fingerprint density at radius 3 is 2.52 bits per heavy atom. The number of nitrogens with one attached hydrogen (secondary N) is 1. The van der Waals surface area contributed by atoms with Gasteiger partial charge in [0.05, 0.1) is 19.9 Å². The van der Waals surface area contributed by atoms with Crippen molar-refractivity contribution in [1.82, 2.24) is 15.1 Å². The van der Waals surface area contributed by atoms with Gasteiger partial charge in [-0.3, -0.25) is 9.48 Å². The number of carbonyl (C=O) groups is 1. The molecule has 136 valence electrons. The molecule has 0 spiro atoms. The number of aryl methyl sites for hydroxylation is 2. The molecule has 0 bridgehead atoms. The zero-order chi connectivity index (χ0) is 18.7. The standard InChI is InChI=1S/C18H24FN3O3/c1-10(9-13-11(2)21-22(4)12(13)3)20-18(23)16-14(19)7-8-15(24-5)17(16)25-6/h7-8,10H,9H2,1-6H3,(H,20,23)/t10-/m0/s1. The molecule has 0 aliphatic rings. The SMILES string of the molecule is COc1ccc(F)c(C(=O)N[C@@H](C)Cc2c(C)nn(C)c2C)c1OC. The molecule has 1 heterocycles. The summed E-state index contributed by atoms with van der Waals surface area (Å²) in [6.45, 7) is 5.78. The van der Waals surface area contributed by atoms with E-state index in [1.807, 2.05) is 32.5 Å². The average Bonchev–Trinajstić information content (AvgIpc) is 2.80. The second-order valence-corrected chi connectivity index (χ2v) is 6.01. The molecular weight excluding hydrogens is 325 g/mol. The number of hydrogen-bond acceptors (Lipinski definition) is 4. The lowest BCUT2D eigenvalue weighted by atomic mass is 10.0. The van der Waals surface area contributed by atoms with E-state index in [0.29, 0.717) is 12.2 Å². The fourth-order valence-electron chi connectivity index (χ4n) is 2.88. The molecule has 0 aliphatic heterocycles. The van der Waals surface area contributed by atoms with Crippen molar-refractivity contribution in [1.29, 1.82) is 0 Å². The summed E-state index contributed by atoms with van der Waals surface area (Å²) in [5.74, 6) is -0.808. The van der Waals surface area contributed by atoms with Crippen LogP contribution in [-0.4, -0.2) is 35.9 Å². The van der Waals surface area contributed by atoms with E-state index < -0.39 is 11.7 Å². The van der Waals surface area contributed by atoms with Crippen molar-refractivity contribution in [2.45, 2.75) is 33.2 Å². The van der Waals surface area contributed by atoms with E-state index in [2.05, 4.69) is 10.4 Å². The van der Waals surface area contributed by atoms with E-state index in [0.717, 1.165) is 17.0 Å². The second-order valence-electron chi connectivity index (χ2n) is 6.01. The molecular formula is C18H24FN3O3. The zero-order valence-corrected chi connectivity index (χ0v) is 15.4. The Bertz CT molecular complexity index is 786. The minimum Gasteiger partial charge on any atom is -0.493 e. The van der Waals surface area contributed by atoms with Crippen molar-refractivity contribution < 1.29 is 18.7 Å². The van der Waals surface area contributed by atoms with Crippen LogP contribution in [0.25, 0.3) is 0 Å². The third-order valence-electron chi connectivity index (χ3n) is 4.27. The summed E-state index contributed by atoms with van der Waals surface area (Å²) in [6.07, 6.45) is 0.602. The zero-order valence-electron chi connectivity index (χ0n) is 15.4. The number of methoxy groups -OCH3 is 2. The van der Waals surface area contributed by atoms with Gasteiger partial charge in [-0.25, -0.2) is 4.39 Å². The van der Waals surface area contributed by atoms with Gasteiger partial charge in [0.25, 0.3) is 5.91 Å². The highest BCUT2D eigenvalue weighted by Crippen LogP contribution is 2.32. The van der Waals surface area contributed by atoms with Crippen LogP contribution in [0.4, 0.5) is 4.39 Å². The number of aromatic nitrogens is 2. The van der Waals surface area contributed by atoms with Crippen LogP contribution in [0, 0.1) is 19.7 Å². The number of hydrogen-bond donors (Lipinski definition) is 1. The van der Waals surface area contributed by atoms with Gasteiger partial charge in [0.2, 0.25) is 0 Å². The molecule has 7 heteroatoms. The van der Waals surface area contributed by atoms with Crippen LogP contribution < -0.4 is 14.8 Å². The topological polar surface area (TPSA) is 65.4 Å². The van der Waals surface area contributed by atoms with Crippen LogP contribution in [0.1, 0.15) is 34.2 Å². The Morgan fingerprint density at radius 1 is 1.32 bits per heavy atom. The summed E-state index contributed by atoms with van der Waals surface area (Å²) in [5.41, 5.74) is 2.89. The summed E-state index contributed by atoms with van der Waals surface area (Å²) in [7, 11) is 4.69. The smallest absolute Gasteiger partial charge is 0.258 e. The maximum Gasteiger partial charge on any atom is 0.258 e. The first-order chi connectivity index (χ1) is 11.8. The molecule has 0 fully saturated rings. The first-order valence-corrected chi connectivity index (χ1v) is 8.00. The van der Waals surface area contributed by atoms with Gasteiger partial charge in [-0.1, -0.05) is 0 Å². The summed E-state index contributed by atoms with van der Waals surface area (Å²) in [4.78, 5) is 12.6. The summed E-state index contributed by atoms with van der Waals surface area (Å²) in [6, 6.07) is 2.41. The molecule has 6 nitrogen and oxygen atoms in total. The number of benzene rings is 1. The van der Waals surface area contributed by atoms with Crippen molar-refractivity contribution >= 4 is 5.91 Å². The summed E-state index contributed by atoms with van der Waals surface area (Å²) in [5, 5.41) is 7.20. The lowest BCUT2D eigenvalue weighted by Crippen LogP contribution is -2.35. The van der Waals surface area contributed by atoms with E-state index >= 15 is 0 Å². The third kappa shape index (κ3) is 3.75. The van der Waals surface area contributed by atoms with Crippen molar-refractivity contribution in [3.05, 3.63) is 40.5 Å². The van der Waals surface area contributed by atoms with Crippen LogP contribution in [-0.2, 0) is 13.5 Å². The van der Waals surface area contributed by atoms with Crippen molar-refractivity contribution in [2.24, 2.45) is 7.05 Å². The molecule has 0 saturated heterocycles. The van der Waals surface area contributed by atoms with Crippen LogP contribution >= 0.6 is 0 Å². The number of ether oxygens (including phenoxy) is 2. The Labute approximate surface area is 146 Å². The molecule has 1 N–H and O–H groups in total. The van der Waals surface area contributed by atoms with Gasteiger partial charge in [-0.05, 0) is 44.9 Å². The molecule has 1 atom stereocenters. The van der Waals surface area contributed by atoms with E-state index in [1.165, 1.54) is 26.4 Å². The highest BCUT2D eigenvalue weighted by atomic mass is 19.1. The lowest BCUT2D eigenvalue weighted by molar-refractivity contribution is 0.0932. The van der Waals surface area contributed by atoms with E-state index in [9.17, 15) is 9.18 Å². The van der Waals surface area contributed by atoms with Crippen LogP contribution in [0.15, 0.2) is 12.1 Å². The second kappa shape index (κ2) is 7.55. The number of nitrogens with zero attached hydrogens (tertiary/aromatic N) is 2. The molecule has 0 aliphatic carbocycles. The molecule has 1 aromatic carbocycles. The number of halogens is 1. The molecule has 2 rings (SSSR count). The quantitative estimate of drug-likeness (QED) is 0.870. The van der Waals surface area contributed by atoms with Gasteiger partial charge in [0.15, 0.2) is 11.5 Å². The fourth-order valence-corrected chi connectivity index (χ4v) is 2.88. The predicted octanol–water partition coefficient (Wildman–Crippen LogP) is 2.55. The average molecular weight is 349 g/mol. The minimum absolute atomic E-state index is 0.0842. The Hall–Kier alpha value is -2.57. The van der Waals surface area contributed by atoms with E-state index in [-0.39, 0.29) is 17.4 Å². The molecule has 25 heavy (non-hydrogen) atoms. The molecule has 2 aromatic rings. The van der Waals surface area contributed by atoms with Gasteiger partial charge in [0.1, 0.15) is 11.4 Å². The summed E-state index contributed by atoms with van der Waals surface area (Å²) < 4.78 is 26.3. The maximum atomic E-state index is 14.2. The molecule has 1 amide bonds. The molecule has 0 saturated carbocycles. The van der Waals surface area contributed by atoms with Gasteiger partial charge in [0, 0.05) is 18.8 Å². The first kappa shape index (κ1) is 18.8. The van der Waals surface area contributed by atoms with Crippen LogP contribution in [0.3, 0.4) is 0 Å². The first-order valence-electron chi connectivity index (χ1n) is 8.00. The highest BCUT2D eigenvalue weighted by Gasteiger charge is 2.23. The Morgan fingerprint density at radius 2 is 2.00 bits per heavy atom. The van der Waals surface area contributed by atoms with E-state index in [1.54, 1.807) is 0 Å². The van der Waals surface area contributed by atoms with Crippen molar-refractivity contribution in [2.75, 3.05) is 14.2 Å². The lowest BCUT2D eigenvalue weighted by Gasteiger charge is -2.17. The van der Waals surface area contributed by atoms with Crippen molar-refractivity contribution in [3.8, 4) is 11.5 Å². The Balaban J connectivity index is 2.22.